The number of nitrogens with one attached hydrogen (secondary N) is 1. The largest absolute Gasteiger partial charge is 0.378 e. The molecule has 1 saturated carbocycles. The predicted molar refractivity (Wildman–Crippen MR) is 94.9 cm³/mol. The van der Waals surface area contributed by atoms with Crippen LogP contribution in [0.25, 0.3) is 0 Å². The molecule has 0 atom stereocenters. The first-order chi connectivity index (χ1) is 11.6. The molecule has 1 aromatic heterocycles. The van der Waals surface area contributed by atoms with Crippen LogP contribution in [0.15, 0.2) is 30.3 Å². The van der Waals surface area contributed by atoms with Gasteiger partial charge in [-0.15, -0.1) is 0 Å². The van der Waals surface area contributed by atoms with E-state index in [1.165, 1.54) is 0 Å². The number of morpholine rings is 1. The van der Waals surface area contributed by atoms with E-state index in [1.807, 2.05) is 30.3 Å². The molecule has 0 amide bonds. The summed E-state index contributed by atoms with van der Waals surface area (Å²) in [5.41, 5.74) is 7.89. The van der Waals surface area contributed by atoms with Crippen molar-refractivity contribution in [3.8, 4) is 0 Å². The zero-order valence-electron chi connectivity index (χ0n) is 13.3. The van der Waals surface area contributed by atoms with E-state index < -0.39 is 0 Å². The number of rotatable bonds is 4. The number of halogens is 1. The molecule has 6 nitrogen and oxygen atoms in total. The van der Waals surface area contributed by atoms with Gasteiger partial charge in [0.2, 0.25) is 5.95 Å². The van der Waals surface area contributed by atoms with E-state index in [0.29, 0.717) is 24.2 Å². The first-order valence-electron chi connectivity index (χ1n) is 8.16. The molecule has 4 rings (SSSR count). The van der Waals surface area contributed by atoms with E-state index in [4.69, 9.17) is 27.1 Å². The number of aromatic nitrogens is 2. The van der Waals surface area contributed by atoms with Gasteiger partial charge in [-0.2, -0.15) is 4.98 Å². The van der Waals surface area contributed by atoms with Crippen LogP contribution in [-0.4, -0.2) is 36.3 Å². The lowest BCUT2D eigenvalue weighted by Crippen LogP contribution is -2.38. The first-order valence-corrected chi connectivity index (χ1v) is 8.54. The van der Waals surface area contributed by atoms with Crippen LogP contribution in [0.3, 0.4) is 0 Å². The van der Waals surface area contributed by atoms with Crippen LogP contribution in [-0.2, 0) is 10.3 Å². The number of hydrogen-bond donors (Lipinski definition) is 2. The molecule has 1 aliphatic heterocycles. The maximum absolute atomic E-state index is 6.37. The summed E-state index contributed by atoms with van der Waals surface area (Å²) < 4.78 is 5.42. The van der Waals surface area contributed by atoms with Crippen molar-refractivity contribution in [3.05, 3.63) is 41.0 Å². The van der Waals surface area contributed by atoms with Gasteiger partial charge in [0.05, 0.1) is 24.4 Å². The van der Waals surface area contributed by atoms with Gasteiger partial charge >= 0.3 is 0 Å². The molecule has 0 unspecified atom stereocenters. The lowest BCUT2D eigenvalue weighted by atomic mass is 10.2. The van der Waals surface area contributed by atoms with Crippen LogP contribution in [0.2, 0.25) is 5.02 Å². The molecule has 1 aliphatic carbocycles. The zero-order chi connectivity index (χ0) is 16.6. The van der Waals surface area contributed by atoms with Crippen LogP contribution in [0.1, 0.15) is 18.5 Å². The molecule has 2 fully saturated rings. The topological polar surface area (TPSA) is 76.3 Å². The molecule has 126 valence electrons. The smallest absolute Gasteiger partial charge is 0.227 e. The Kier molecular flexibility index (Phi) is 4.04. The second kappa shape index (κ2) is 6.20. The summed E-state index contributed by atoms with van der Waals surface area (Å²) in [4.78, 5) is 11.5. The first kappa shape index (κ1) is 15.6. The van der Waals surface area contributed by atoms with Crippen LogP contribution < -0.4 is 16.0 Å². The molecule has 24 heavy (non-hydrogen) atoms. The quantitative estimate of drug-likeness (QED) is 0.887. The molecule has 0 radical (unpaired) electrons. The lowest BCUT2D eigenvalue weighted by Gasteiger charge is -2.28. The number of anilines is 3. The van der Waals surface area contributed by atoms with E-state index in [2.05, 4.69) is 15.2 Å². The fraction of sp³-hybridized carbons (Fsp3) is 0.412. The monoisotopic (exact) mass is 345 g/mol. The maximum Gasteiger partial charge on any atom is 0.227 e. The molecule has 0 spiro atoms. The molecule has 2 aliphatic rings. The fourth-order valence-corrected chi connectivity index (χ4v) is 2.86. The summed E-state index contributed by atoms with van der Waals surface area (Å²) in [6.45, 7) is 2.98. The summed E-state index contributed by atoms with van der Waals surface area (Å²) >= 11 is 5.95. The van der Waals surface area contributed by atoms with Crippen LogP contribution in [0, 0.1) is 0 Å². The summed E-state index contributed by atoms with van der Waals surface area (Å²) in [6, 6.07) is 9.49. The Morgan fingerprint density at radius 1 is 1.12 bits per heavy atom. The van der Waals surface area contributed by atoms with Crippen molar-refractivity contribution in [2.24, 2.45) is 5.73 Å². The third kappa shape index (κ3) is 3.31. The highest BCUT2D eigenvalue weighted by Gasteiger charge is 2.42. The summed E-state index contributed by atoms with van der Waals surface area (Å²) in [5, 5.41) is 4.03. The van der Waals surface area contributed by atoms with E-state index in [-0.39, 0.29) is 5.54 Å². The van der Waals surface area contributed by atoms with Crippen molar-refractivity contribution < 1.29 is 4.74 Å². The van der Waals surface area contributed by atoms with Crippen LogP contribution >= 0.6 is 11.6 Å². The van der Waals surface area contributed by atoms with E-state index in [9.17, 15) is 0 Å². The Labute approximate surface area is 146 Å². The highest BCUT2D eigenvalue weighted by Crippen LogP contribution is 2.42. The number of hydrogen-bond acceptors (Lipinski definition) is 6. The third-order valence-electron chi connectivity index (χ3n) is 4.42. The molecule has 1 aromatic carbocycles. The van der Waals surface area contributed by atoms with Crippen molar-refractivity contribution in [1.82, 2.24) is 9.97 Å². The van der Waals surface area contributed by atoms with Gasteiger partial charge in [0.15, 0.2) is 0 Å². The number of benzene rings is 1. The van der Waals surface area contributed by atoms with Crippen LogP contribution in [0.5, 0.6) is 0 Å². The molecule has 1 saturated heterocycles. The van der Waals surface area contributed by atoms with Gasteiger partial charge < -0.3 is 20.7 Å². The Morgan fingerprint density at radius 3 is 2.50 bits per heavy atom. The molecular formula is C17H20ClN5O. The van der Waals surface area contributed by atoms with Crippen molar-refractivity contribution in [2.45, 2.75) is 18.4 Å². The minimum Gasteiger partial charge on any atom is -0.378 e. The Bertz CT molecular complexity index is 726. The van der Waals surface area contributed by atoms with Crippen molar-refractivity contribution >= 4 is 29.1 Å². The van der Waals surface area contributed by atoms with Crippen LogP contribution in [0.4, 0.5) is 17.5 Å². The third-order valence-corrected chi connectivity index (χ3v) is 4.68. The van der Waals surface area contributed by atoms with Gasteiger partial charge in [0, 0.05) is 29.9 Å². The Morgan fingerprint density at radius 2 is 1.83 bits per heavy atom. The predicted octanol–water partition coefficient (Wildman–Crippen LogP) is 2.66. The highest BCUT2D eigenvalue weighted by molar-refractivity contribution is 6.30. The maximum atomic E-state index is 6.37. The molecular weight excluding hydrogens is 326 g/mol. The molecule has 0 bridgehead atoms. The Hall–Kier alpha value is -1.89. The number of nitrogens with two attached hydrogens (primary N) is 1. The van der Waals surface area contributed by atoms with Gasteiger partial charge in [-0.25, -0.2) is 4.98 Å². The van der Waals surface area contributed by atoms with E-state index in [0.717, 1.165) is 43.1 Å². The van der Waals surface area contributed by atoms with Gasteiger partial charge in [-0.1, -0.05) is 11.6 Å². The molecule has 3 N–H and O–H groups in total. The fourth-order valence-electron chi connectivity index (χ4n) is 2.73. The average Bonchev–Trinajstić information content (AvgIpc) is 3.37. The second-order valence-corrected chi connectivity index (χ2v) is 6.76. The van der Waals surface area contributed by atoms with Crippen molar-refractivity contribution in [2.75, 3.05) is 36.5 Å². The van der Waals surface area contributed by atoms with Gasteiger partial charge in [0.25, 0.3) is 0 Å². The van der Waals surface area contributed by atoms with Crippen molar-refractivity contribution in [1.29, 1.82) is 0 Å². The summed E-state index contributed by atoms with van der Waals surface area (Å²) in [5.74, 6) is 1.46. The lowest BCUT2D eigenvalue weighted by molar-refractivity contribution is 0.122. The minimum absolute atomic E-state index is 0.305. The van der Waals surface area contributed by atoms with Gasteiger partial charge in [-0.05, 0) is 37.1 Å². The zero-order valence-corrected chi connectivity index (χ0v) is 14.1. The molecule has 2 aromatic rings. The highest BCUT2D eigenvalue weighted by atomic mass is 35.5. The van der Waals surface area contributed by atoms with Gasteiger partial charge in [-0.3, -0.25) is 0 Å². The molecule has 7 heteroatoms. The summed E-state index contributed by atoms with van der Waals surface area (Å²) in [6.07, 6.45) is 1.93. The minimum atomic E-state index is -0.305. The summed E-state index contributed by atoms with van der Waals surface area (Å²) in [7, 11) is 0. The molecule has 2 heterocycles. The van der Waals surface area contributed by atoms with E-state index in [1.54, 1.807) is 0 Å². The van der Waals surface area contributed by atoms with Crippen molar-refractivity contribution in [3.63, 3.8) is 0 Å². The SMILES string of the molecule is NC1(c2cc(Nc3ccc(Cl)cc3)nc(N3CCOCC3)n2)CC1. The van der Waals surface area contributed by atoms with E-state index >= 15 is 0 Å². The normalized spacial score (nSPS) is 19.2. The average molecular weight is 346 g/mol. The Balaban J connectivity index is 1.65. The number of ether oxygens (including phenoxy) is 1. The number of nitrogens with zero attached hydrogens (tertiary/aromatic N) is 3. The second-order valence-electron chi connectivity index (χ2n) is 6.33. The van der Waals surface area contributed by atoms with Gasteiger partial charge in [0.1, 0.15) is 5.82 Å². The standard InChI is InChI=1S/C17H20ClN5O/c18-12-1-3-13(4-2-12)20-15-11-14(17(19)5-6-17)21-16(22-15)23-7-9-24-10-8-23/h1-4,11H,5-10,19H2,(H,20,21,22).